The number of unbranched alkanes of at least 4 members (excludes halogenated alkanes) is 3. The molecule has 0 aromatic rings. The number of nitrogens with one attached hydrogen (secondary N) is 1. The van der Waals surface area contributed by atoms with Crippen molar-refractivity contribution in [2.45, 2.75) is 84.1 Å². The van der Waals surface area contributed by atoms with Gasteiger partial charge in [0.1, 0.15) is 0 Å². The monoisotopic (exact) mass is 237 g/mol. The van der Waals surface area contributed by atoms with Gasteiger partial charge in [-0.3, -0.25) is 0 Å². The lowest BCUT2D eigenvalue weighted by molar-refractivity contribution is 0.498. The van der Waals surface area contributed by atoms with Crippen molar-refractivity contribution in [3.05, 3.63) is 11.6 Å². The molecule has 0 heterocycles. The zero-order valence-electron chi connectivity index (χ0n) is 11.9. The van der Waals surface area contributed by atoms with E-state index in [0.29, 0.717) is 6.04 Å². The van der Waals surface area contributed by atoms with E-state index in [1.807, 2.05) is 0 Å². The van der Waals surface area contributed by atoms with Gasteiger partial charge in [-0.15, -0.1) is 0 Å². The van der Waals surface area contributed by atoms with Gasteiger partial charge in [0.05, 0.1) is 0 Å². The maximum absolute atomic E-state index is 3.69. The molecule has 1 aliphatic carbocycles. The van der Waals surface area contributed by atoms with Gasteiger partial charge in [0, 0.05) is 6.04 Å². The first-order chi connectivity index (χ1) is 8.38. The minimum Gasteiger partial charge on any atom is -0.311 e. The van der Waals surface area contributed by atoms with Gasteiger partial charge in [-0.1, -0.05) is 57.6 Å². The SMILES string of the molecule is CCCCCCC(NCC)C1=CCCCCC1. The van der Waals surface area contributed by atoms with E-state index in [-0.39, 0.29) is 0 Å². The maximum atomic E-state index is 3.69. The lowest BCUT2D eigenvalue weighted by Crippen LogP contribution is -2.30. The van der Waals surface area contributed by atoms with Gasteiger partial charge in [-0.05, 0) is 38.6 Å². The molecule has 0 aromatic carbocycles. The van der Waals surface area contributed by atoms with Gasteiger partial charge in [-0.2, -0.15) is 0 Å². The van der Waals surface area contributed by atoms with Gasteiger partial charge in [0.2, 0.25) is 0 Å². The van der Waals surface area contributed by atoms with Gasteiger partial charge in [-0.25, -0.2) is 0 Å². The summed E-state index contributed by atoms with van der Waals surface area (Å²) in [6.07, 6.45) is 16.3. The van der Waals surface area contributed by atoms with Crippen LogP contribution < -0.4 is 5.32 Å². The van der Waals surface area contributed by atoms with Crippen LogP contribution in [-0.4, -0.2) is 12.6 Å². The van der Waals surface area contributed by atoms with E-state index in [0.717, 1.165) is 6.54 Å². The lowest BCUT2D eigenvalue weighted by Gasteiger charge is -2.21. The first-order valence-corrected chi connectivity index (χ1v) is 7.80. The van der Waals surface area contributed by atoms with Crippen LogP contribution >= 0.6 is 0 Å². The van der Waals surface area contributed by atoms with Crippen LogP contribution in [0.1, 0.15) is 78.1 Å². The molecule has 1 nitrogen and oxygen atoms in total. The second-order valence-corrected chi connectivity index (χ2v) is 5.34. The fraction of sp³-hybridized carbons (Fsp3) is 0.875. The molecule has 1 unspecified atom stereocenters. The molecule has 1 rings (SSSR count). The summed E-state index contributed by atoms with van der Waals surface area (Å²) in [6, 6.07) is 0.676. The first kappa shape index (κ1) is 14.8. The van der Waals surface area contributed by atoms with E-state index in [9.17, 15) is 0 Å². The molecule has 1 atom stereocenters. The molecule has 1 heteroatoms. The summed E-state index contributed by atoms with van der Waals surface area (Å²) in [7, 11) is 0. The van der Waals surface area contributed by atoms with Crippen molar-refractivity contribution in [3.63, 3.8) is 0 Å². The summed E-state index contributed by atoms with van der Waals surface area (Å²) in [6.45, 7) is 5.63. The van der Waals surface area contributed by atoms with Crippen LogP contribution in [0, 0.1) is 0 Å². The topological polar surface area (TPSA) is 12.0 Å². The highest BCUT2D eigenvalue weighted by Crippen LogP contribution is 2.22. The Balaban J connectivity index is 2.37. The second-order valence-electron chi connectivity index (χ2n) is 5.34. The molecule has 0 radical (unpaired) electrons. The average Bonchev–Trinajstić information content (AvgIpc) is 2.62. The number of hydrogen-bond acceptors (Lipinski definition) is 1. The Morgan fingerprint density at radius 3 is 2.76 bits per heavy atom. The fourth-order valence-electron chi connectivity index (χ4n) is 2.80. The molecule has 0 bridgehead atoms. The summed E-state index contributed by atoms with van der Waals surface area (Å²) in [5, 5.41) is 3.69. The number of allylic oxidation sites excluding steroid dienone is 1. The highest BCUT2D eigenvalue weighted by atomic mass is 14.9. The minimum atomic E-state index is 0.676. The van der Waals surface area contributed by atoms with Gasteiger partial charge in [0.25, 0.3) is 0 Å². The predicted molar refractivity (Wildman–Crippen MR) is 77.4 cm³/mol. The zero-order chi connectivity index (χ0) is 12.3. The number of rotatable bonds is 8. The van der Waals surface area contributed by atoms with E-state index in [4.69, 9.17) is 0 Å². The van der Waals surface area contributed by atoms with Crippen molar-refractivity contribution < 1.29 is 0 Å². The van der Waals surface area contributed by atoms with Crippen LogP contribution in [0.3, 0.4) is 0 Å². The molecule has 0 saturated carbocycles. The Kier molecular flexibility index (Phi) is 8.42. The Bertz CT molecular complexity index is 208. The van der Waals surface area contributed by atoms with E-state index in [1.54, 1.807) is 5.57 Å². The molecular weight excluding hydrogens is 206 g/mol. The maximum Gasteiger partial charge on any atom is 0.0279 e. The third-order valence-electron chi connectivity index (χ3n) is 3.82. The van der Waals surface area contributed by atoms with Gasteiger partial charge < -0.3 is 5.32 Å². The first-order valence-electron chi connectivity index (χ1n) is 7.80. The number of likely N-dealkylation sites (N-methyl/N-ethyl adjacent to an activating group) is 1. The Hall–Kier alpha value is -0.300. The van der Waals surface area contributed by atoms with E-state index in [1.165, 1.54) is 64.2 Å². The normalized spacial score (nSPS) is 18.6. The fourth-order valence-corrected chi connectivity index (χ4v) is 2.80. The minimum absolute atomic E-state index is 0.676. The molecule has 0 aromatic heterocycles. The Labute approximate surface area is 108 Å². The van der Waals surface area contributed by atoms with Crippen LogP contribution in [0.25, 0.3) is 0 Å². The Morgan fingerprint density at radius 2 is 2.00 bits per heavy atom. The van der Waals surface area contributed by atoms with Crippen LogP contribution in [0.4, 0.5) is 0 Å². The molecule has 0 fully saturated rings. The summed E-state index contributed by atoms with van der Waals surface area (Å²) in [5.41, 5.74) is 1.71. The van der Waals surface area contributed by atoms with Crippen molar-refractivity contribution >= 4 is 0 Å². The molecule has 0 spiro atoms. The van der Waals surface area contributed by atoms with Crippen molar-refractivity contribution in [2.24, 2.45) is 0 Å². The number of hydrogen-bond donors (Lipinski definition) is 1. The third-order valence-corrected chi connectivity index (χ3v) is 3.82. The second kappa shape index (κ2) is 9.70. The van der Waals surface area contributed by atoms with Crippen LogP contribution in [0.5, 0.6) is 0 Å². The molecule has 1 aliphatic rings. The smallest absolute Gasteiger partial charge is 0.0279 e. The summed E-state index contributed by atoms with van der Waals surface area (Å²) >= 11 is 0. The summed E-state index contributed by atoms with van der Waals surface area (Å²) in [4.78, 5) is 0. The van der Waals surface area contributed by atoms with E-state index in [2.05, 4.69) is 25.2 Å². The molecule has 17 heavy (non-hydrogen) atoms. The van der Waals surface area contributed by atoms with Crippen molar-refractivity contribution in [3.8, 4) is 0 Å². The van der Waals surface area contributed by atoms with Crippen molar-refractivity contribution in [1.29, 1.82) is 0 Å². The Morgan fingerprint density at radius 1 is 1.12 bits per heavy atom. The zero-order valence-corrected chi connectivity index (χ0v) is 11.9. The van der Waals surface area contributed by atoms with Crippen molar-refractivity contribution in [1.82, 2.24) is 5.32 Å². The highest BCUT2D eigenvalue weighted by Gasteiger charge is 2.13. The standard InChI is InChI=1S/C16H31N/c1-3-5-6-11-14-16(17-4-2)15-12-9-7-8-10-13-15/h12,16-17H,3-11,13-14H2,1-2H3. The van der Waals surface area contributed by atoms with Crippen LogP contribution in [0.2, 0.25) is 0 Å². The predicted octanol–water partition coefficient (Wildman–Crippen LogP) is 4.83. The molecule has 1 N–H and O–H groups in total. The quantitative estimate of drug-likeness (QED) is 0.471. The summed E-state index contributed by atoms with van der Waals surface area (Å²) < 4.78 is 0. The largest absolute Gasteiger partial charge is 0.311 e. The van der Waals surface area contributed by atoms with E-state index >= 15 is 0 Å². The molecule has 100 valence electrons. The van der Waals surface area contributed by atoms with Crippen LogP contribution in [-0.2, 0) is 0 Å². The molecule has 0 aliphatic heterocycles. The highest BCUT2D eigenvalue weighted by molar-refractivity contribution is 5.12. The lowest BCUT2D eigenvalue weighted by atomic mass is 9.96. The molecular formula is C16H31N. The molecule has 0 amide bonds. The van der Waals surface area contributed by atoms with Gasteiger partial charge in [0.15, 0.2) is 0 Å². The van der Waals surface area contributed by atoms with E-state index < -0.39 is 0 Å². The third kappa shape index (κ3) is 6.26. The average molecular weight is 237 g/mol. The van der Waals surface area contributed by atoms with Crippen molar-refractivity contribution in [2.75, 3.05) is 6.54 Å². The molecule has 0 saturated heterocycles. The van der Waals surface area contributed by atoms with Gasteiger partial charge >= 0.3 is 0 Å². The van der Waals surface area contributed by atoms with Crippen LogP contribution in [0.15, 0.2) is 11.6 Å². The summed E-state index contributed by atoms with van der Waals surface area (Å²) in [5.74, 6) is 0.